The highest BCUT2D eigenvalue weighted by Gasteiger charge is 2.47. The molecule has 2 unspecified atom stereocenters. The van der Waals surface area contributed by atoms with E-state index in [0.717, 1.165) is 54.6 Å². The molecule has 0 radical (unpaired) electrons. The number of sulfonamides is 1. The van der Waals surface area contributed by atoms with Crippen molar-refractivity contribution in [3.8, 4) is 5.69 Å². The molecule has 6 rings (SSSR count). The fourth-order valence-corrected chi connectivity index (χ4v) is 8.59. The Labute approximate surface area is 264 Å². The van der Waals surface area contributed by atoms with E-state index in [-0.39, 0.29) is 28.4 Å². The van der Waals surface area contributed by atoms with Crippen LogP contribution < -0.4 is 10.6 Å². The Hall–Kier alpha value is -4.02. The van der Waals surface area contributed by atoms with Crippen molar-refractivity contribution in [2.45, 2.75) is 82.2 Å². The fraction of sp³-hybridized carbons (Fsp3) is 0.371. The van der Waals surface area contributed by atoms with Crippen molar-refractivity contribution in [1.82, 2.24) is 14.1 Å². The van der Waals surface area contributed by atoms with Gasteiger partial charge in [-0.3, -0.25) is 5.32 Å². The largest absolute Gasteiger partial charge is 0.324 e. The van der Waals surface area contributed by atoms with Crippen molar-refractivity contribution in [2.24, 2.45) is 5.92 Å². The second kappa shape index (κ2) is 12.1. The number of piperidine rings is 1. The van der Waals surface area contributed by atoms with Gasteiger partial charge in [-0.15, -0.1) is 0 Å². The molecule has 0 aliphatic carbocycles. The number of halogens is 1. The second-order valence-electron chi connectivity index (χ2n) is 13.4. The summed E-state index contributed by atoms with van der Waals surface area (Å²) in [5.41, 5.74) is 4.47. The van der Waals surface area contributed by atoms with Gasteiger partial charge in [-0.2, -0.15) is 9.40 Å². The van der Waals surface area contributed by atoms with Gasteiger partial charge in [0.05, 0.1) is 11.4 Å². The number of carbonyl (C=O) groups is 1. The van der Waals surface area contributed by atoms with Crippen LogP contribution in [0.15, 0.2) is 83.8 Å². The van der Waals surface area contributed by atoms with Crippen LogP contribution >= 0.6 is 0 Å². The van der Waals surface area contributed by atoms with E-state index in [4.69, 9.17) is 5.10 Å². The lowest BCUT2D eigenvalue weighted by molar-refractivity contribution is 0.189. The Morgan fingerprint density at radius 3 is 2.20 bits per heavy atom. The maximum atomic E-state index is 14.4. The summed E-state index contributed by atoms with van der Waals surface area (Å²) in [6.45, 7) is 8.28. The van der Waals surface area contributed by atoms with Gasteiger partial charge in [-0.1, -0.05) is 62.7 Å². The van der Waals surface area contributed by atoms with Crippen molar-refractivity contribution in [3.05, 3.63) is 102 Å². The number of benzene rings is 3. The normalized spacial score (nSPS) is 20.2. The van der Waals surface area contributed by atoms with E-state index in [1.165, 1.54) is 18.2 Å². The van der Waals surface area contributed by atoms with Crippen molar-refractivity contribution >= 4 is 27.6 Å². The van der Waals surface area contributed by atoms with Crippen molar-refractivity contribution < 1.29 is 17.6 Å². The molecule has 2 N–H and O–H groups in total. The van der Waals surface area contributed by atoms with E-state index >= 15 is 0 Å². The highest BCUT2D eigenvalue weighted by Crippen LogP contribution is 2.43. The van der Waals surface area contributed by atoms with Gasteiger partial charge in [0, 0.05) is 29.3 Å². The number of fused-ring (bicyclic) bond motifs is 2. The van der Waals surface area contributed by atoms with Gasteiger partial charge in [0.15, 0.2) is 0 Å². The minimum atomic E-state index is -3.88. The number of urea groups is 1. The Morgan fingerprint density at radius 1 is 0.933 bits per heavy atom. The molecule has 0 spiro atoms. The van der Waals surface area contributed by atoms with Crippen LogP contribution in [0.4, 0.5) is 20.7 Å². The molecule has 2 fully saturated rings. The average molecular weight is 630 g/mol. The molecule has 2 aliphatic rings. The van der Waals surface area contributed by atoms with Crippen molar-refractivity contribution in [3.63, 3.8) is 0 Å². The molecular formula is C35H40FN5O3S. The maximum absolute atomic E-state index is 14.4. The zero-order valence-corrected chi connectivity index (χ0v) is 26.9. The molecule has 3 heterocycles. The molecule has 3 aromatic carbocycles. The summed E-state index contributed by atoms with van der Waals surface area (Å²) in [7, 11) is -3.88. The van der Waals surface area contributed by atoms with Crippen LogP contribution in [0.3, 0.4) is 0 Å². The Bertz CT molecular complexity index is 1780. The highest BCUT2D eigenvalue weighted by molar-refractivity contribution is 7.89. The van der Waals surface area contributed by atoms with E-state index in [1.807, 2.05) is 61.5 Å². The Kier molecular flexibility index (Phi) is 8.30. The number of amides is 2. The zero-order chi connectivity index (χ0) is 31.9. The van der Waals surface area contributed by atoms with Crippen LogP contribution in [0.5, 0.6) is 0 Å². The molecule has 45 heavy (non-hydrogen) atoms. The summed E-state index contributed by atoms with van der Waals surface area (Å²) in [6, 6.07) is 22.7. The minimum Gasteiger partial charge on any atom is -0.308 e. The van der Waals surface area contributed by atoms with Crippen LogP contribution in [0.2, 0.25) is 0 Å². The summed E-state index contributed by atoms with van der Waals surface area (Å²) in [4.78, 5) is 12.8. The number of aromatic nitrogens is 2. The number of rotatable bonds is 7. The predicted octanol–water partition coefficient (Wildman–Crippen LogP) is 7.44. The molecule has 1 aromatic heterocycles. The first-order valence-corrected chi connectivity index (χ1v) is 16.9. The van der Waals surface area contributed by atoms with Crippen LogP contribution in [-0.4, -0.2) is 40.6 Å². The highest BCUT2D eigenvalue weighted by atomic mass is 32.2. The lowest BCUT2D eigenvalue weighted by Crippen LogP contribution is -2.46. The van der Waals surface area contributed by atoms with Gasteiger partial charge >= 0.3 is 6.03 Å². The molecule has 2 atom stereocenters. The molecule has 0 saturated carbocycles. The third-order valence-corrected chi connectivity index (χ3v) is 10.9. The third kappa shape index (κ3) is 6.53. The molecule has 236 valence electrons. The molecule has 2 aliphatic heterocycles. The summed E-state index contributed by atoms with van der Waals surface area (Å²) in [5.74, 6) is 0.208. The predicted molar refractivity (Wildman–Crippen MR) is 175 cm³/mol. The number of carbonyl (C=O) groups excluding carboxylic acids is 1. The molecule has 4 aromatic rings. The summed E-state index contributed by atoms with van der Waals surface area (Å²) in [6.07, 6.45) is 3.91. The van der Waals surface area contributed by atoms with E-state index in [9.17, 15) is 17.6 Å². The van der Waals surface area contributed by atoms with Gasteiger partial charge in [0.2, 0.25) is 10.0 Å². The van der Waals surface area contributed by atoms with E-state index in [2.05, 4.69) is 31.4 Å². The van der Waals surface area contributed by atoms with E-state index in [1.54, 1.807) is 15.1 Å². The molecule has 2 amide bonds. The first-order valence-electron chi connectivity index (χ1n) is 15.5. The number of hydrogen-bond donors (Lipinski definition) is 2. The second-order valence-corrected chi connectivity index (χ2v) is 15.2. The Morgan fingerprint density at radius 2 is 1.58 bits per heavy atom. The molecule has 10 heteroatoms. The smallest absolute Gasteiger partial charge is 0.308 e. The molecule has 2 saturated heterocycles. The van der Waals surface area contributed by atoms with Gasteiger partial charge < -0.3 is 5.32 Å². The van der Waals surface area contributed by atoms with Gasteiger partial charge in [-0.05, 0) is 86.9 Å². The van der Waals surface area contributed by atoms with Crippen LogP contribution in [0, 0.1) is 18.7 Å². The average Bonchev–Trinajstić information content (AvgIpc) is 3.54. The van der Waals surface area contributed by atoms with E-state index in [0.29, 0.717) is 17.4 Å². The lowest BCUT2D eigenvalue weighted by Gasteiger charge is -2.38. The Balaban J connectivity index is 1.09. The molecule has 2 bridgehead atoms. The number of anilines is 2. The fourth-order valence-electron chi connectivity index (χ4n) is 6.63. The number of nitrogens with one attached hydrogen (secondary N) is 2. The summed E-state index contributed by atoms with van der Waals surface area (Å²) in [5, 5.41) is 10.7. The number of aryl methyl sites for hydroxylation is 1. The first-order chi connectivity index (χ1) is 21.4. The van der Waals surface area contributed by atoms with Crippen molar-refractivity contribution in [2.75, 3.05) is 10.6 Å². The van der Waals surface area contributed by atoms with Gasteiger partial charge in [-0.25, -0.2) is 22.3 Å². The SMILES string of the molecule is Cc1ccc(-n2nc(C(C)(C)C)cc2NC(=O)Nc2ccc(CC3CC4CCC(C3)N4S(=O)(=O)c3ccccc3F)cc2)cc1. The van der Waals surface area contributed by atoms with Crippen LogP contribution in [0.1, 0.15) is 63.3 Å². The van der Waals surface area contributed by atoms with E-state index < -0.39 is 15.8 Å². The molecular weight excluding hydrogens is 589 g/mol. The quantitative estimate of drug-likeness (QED) is 0.222. The number of nitrogens with zero attached hydrogens (tertiary/aromatic N) is 3. The zero-order valence-electron chi connectivity index (χ0n) is 26.1. The van der Waals surface area contributed by atoms with Gasteiger partial charge in [0.1, 0.15) is 16.5 Å². The topological polar surface area (TPSA) is 96.3 Å². The maximum Gasteiger partial charge on any atom is 0.324 e. The standard InChI is InChI=1S/C35H40FN5O3S/c1-23-9-15-27(16-10-23)40-33(22-32(39-40)35(2,3)4)38-34(42)37-26-13-11-24(12-14-26)19-25-20-28-17-18-29(21-25)41(28)45(43,44)31-8-6-5-7-30(31)36/h5-16,22,25,28-29H,17-21H2,1-4H3,(H2,37,38,42). The number of hydrogen-bond acceptors (Lipinski definition) is 4. The lowest BCUT2D eigenvalue weighted by atomic mass is 9.87. The minimum absolute atomic E-state index is 0.116. The van der Waals surface area contributed by atoms with Gasteiger partial charge in [0.25, 0.3) is 0 Å². The summed E-state index contributed by atoms with van der Waals surface area (Å²) < 4.78 is 44.5. The monoisotopic (exact) mass is 629 g/mol. The third-order valence-electron chi connectivity index (χ3n) is 8.89. The summed E-state index contributed by atoms with van der Waals surface area (Å²) >= 11 is 0. The van der Waals surface area contributed by atoms with Crippen molar-refractivity contribution in [1.29, 1.82) is 0 Å². The van der Waals surface area contributed by atoms with Crippen LogP contribution in [-0.2, 0) is 21.9 Å². The first kappa shape index (κ1) is 31.0. The molecule has 8 nitrogen and oxygen atoms in total. The van der Waals surface area contributed by atoms with Crippen LogP contribution in [0.25, 0.3) is 5.69 Å².